The minimum atomic E-state index is -0.788. The lowest BCUT2D eigenvalue weighted by molar-refractivity contribution is -0.119. The van der Waals surface area contributed by atoms with Crippen LogP contribution >= 0.6 is 0 Å². The van der Waals surface area contributed by atoms with Crippen LogP contribution in [0.4, 0.5) is 20.2 Å². The third kappa shape index (κ3) is 2.59. The number of hydrogen-bond donors (Lipinski definition) is 2. The predicted molar refractivity (Wildman–Crippen MR) is 58.1 cm³/mol. The molecule has 16 heavy (non-hydrogen) atoms. The molecule has 0 saturated heterocycles. The Hall–Kier alpha value is -1.85. The molecule has 1 aromatic rings. The van der Waals surface area contributed by atoms with Gasteiger partial charge in [-0.1, -0.05) is 0 Å². The molecule has 0 aliphatic heterocycles. The quantitative estimate of drug-likeness (QED) is 0.751. The molecule has 6 heteroatoms. The van der Waals surface area contributed by atoms with Crippen LogP contribution in [0, 0.1) is 11.6 Å². The summed E-state index contributed by atoms with van der Waals surface area (Å²) >= 11 is 0. The number of carbonyl (C=O) groups excluding carboxylic acids is 1. The van der Waals surface area contributed by atoms with E-state index in [1.54, 1.807) is 0 Å². The van der Waals surface area contributed by atoms with Crippen molar-refractivity contribution in [3.8, 4) is 0 Å². The molecule has 1 rings (SSSR count). The molecule has 4 nitrogen and oxygen atoms in total. The van der Waals surface area contributed by atoms with Gasteiger partial charge in [0.2, 0.25) is 5.91 Å². The lowest BCUT2D eigenvalue weighted by atomic mass is 10.2. The lowest BCUT2D eigenvalue weighted by Gasteiger charge is -2.19. The smallest absolute Gasteiger partial charge is 0.239 e. The van der Waals surface area contributed by atoms with Gasteiger partial charge in [0.05, 0.1) is 6.54 Å². The first-order chi connectivity index (χ1) is 7.45. The molecule has 88 valence electrons. The molecule has 0 unspecified atom stereocenters. The fourth-order valence-corrected chi connectivity index (χ4v) is 1.32. The van der Waals surface area contributed by atoms with E-state index in [1.165, 1.54) is 19.0 Å². The number of nitrogens with zero attached hydrogens (tertiary/aromatic N) is 1. The van der Waals surface area contributed by atoms with Crippen molar-refractivity contribution < 1.29 is 13.6 Å². The van der Waals surface area contributed by atoms with Crippen molar-refractivity contribution in [1.29, 1.82) is 0 Å². The average Bonchev–Trinajstić information content (AvgIpc) is 2.15. The van der Waals surface area contributed by atoms with E-state index in [9.17, 15) is 13.6 Å². The van der Waals surface area contributed by atoms with Gasteiger partial charge in [-0.15, -0.1) is 0 Å². The number of halogens is 2. The Morgan fingerprint density at radius 3 is 2.38 bits per heavy atom. The molecule has 0 heterocycles. The second-order valence-electron chi connectivity index (χ2n) is 3.36. The molecule has 0 radical (unpaired) electrons. The molecular formula is C10H13F2N3O. The molecule has 3 N–H and O–H groups in total. The number of likely N-dealkylation sites (N-methyl/N-ethyl adjacent to an activating group) is 2. The van der Waals surface area contributed by atoms with Gasteiger partial charge < -0.3 is 16.0 Å². The van der Waals surface area contributed by atoms with Crippen LogP contribution in [0.2, 0.25) is 0 Å². The van der Waals surface area contributed by atoms with Crippen LogP contribution in [-0.4, -0.2) is 26.5 Å². The highest BCUT2D eigenvalue weighted by molar-refractivity contribution is 5.81. The number of benzene rings is 1. The summed E-state index contributed by atoms with van der Waals surface area (Å²) in [5.41, 5.74) is 5.02. The summed E-state index contributed by atoms with van der Waals surface area (Å²) in [4.78, 5) is 12.2. The van der Waals surface area contributed by atoms with Crippen LogP contribution in [0.3, 0.4) is 0 Å². The molecule has 0 aromatic heterocycles. The summed E-state index contributed by atoms with van der Waals surface area (Å²) in [6.45, 7) is -0.131. The fourth-order valence-electron chi connectivity index (χ4n) is 1.32. The third-order valence-electron chi connectivity index (χ3n) is 2.08. The largest absolute Gasteiger partial charge is 0.399 e. The van der Waals surface area contributed by atoms with Crippen molar-refractivity contribution in [2.24, 2.45) is 0 Å². The highest BCUT2D eigenvalue weighted by Crippen LogP contribution is 2.24. The van der Waals surface area contributed by atoms with Crippen LogP contribution in [0.1, 0.15) is 0 Å². The van der Waals surface area contributed by atoms with Gasteiger partial charge in [-0.3, -0.25) is 4.79 Å². The Labute approximate surface area is 92.0 Å². The summed E-state index contributed by atoms with van der Waals surface area (Å²) < 4.78 is 26.8. The van der Waals surface area contributed by atoms with E-state index >= 15 is 0 Å². The zero-order valence-corrected chi connectivity index (χ0v) is 9.05. The predicted octanol–water partition coefficient (Wildman–Crippen LogP) is 0.729. The molecular weight excluding hydrogens is 216 g/mol. The summed E-state index contributed by atoms with van der Waals surface area (Å²) in [6.07, 6.45) is 0. The van der Waals surface area contributed by atoms with E-state index in [4.69, 9.17) is 5.73 Å². The zero-order valence-electron chi connectivity index (χ0n) is 9.05. The number of rotatable bonds is 3. The molecule has 1 aromatic carbocycles. The third-order valence-corrected chi connectivity index (χ3v) is 2.08. The minimum absolute atomic E-state index is 0.00657. The summed E-state index contributed by atoms with van der Waals surface area (Å²) in [7, 11) is 2.87. The van der Waals surface area contributed by atoms with Gasteiger partial charge in [0.1, 0.15) is 5.69 Å². The Bertz CT molecular complexity index is 386. The lowest BCUT2D eigenvalue weighted by Crippen LogP contribution is -2.33. The first-order valence-electron chi connectivity index (χ1n) is 4.62. The van der Waals surface area contributed by atoms with E-state index in [2.05, 4.69) is 5.32 Å². The van der Waals surface area contributed by atoms with Gasteiger partial charge in [0, 0.05) is 19.8 Å². The number of anilines is 2. The SMILES string of the molecule is CNC(=O)CN(C)c1c(F)cc(N)cc1F. The van der Waals surface area contributed by atoms with Gasteiger partial charge in [-0.2, -0.15) is 0 Å². The van der Waals surface area contributed by atoms with Crippen molar-refractivity contribution in [3.63, 3.8) is 0 Å². The fraction of sp³-hybridized carbons (Fsp3) is 0.300. The number of hydrogen-bond acceptors (Lipinski definition) is 3. The monoisotopic (exact) mass is 229 g/mol. The van der Waals surface area contributed by atoms with Gasteiger partial charge in [0.25, 0.3) is 0 Å². The van der Waals surface area contributed by atoms with Crippen molar-refractivity contribution in [3.05, 3.63) is 23.8 Å². The topological polar surface area (TPSA) is 58.4 Å². The average molecular weight is 229 g/mol. The van der Waals surface area contributed by atoms with Crippen LogP contribution in [0.25, 0.3) is 0 Å². The van der Waals surface area contributed by atoms with Crippen LogP contribution in [0.5, 0.6) is 0 Å². The maximum absolute atomic E-state index is 13.4. The van der Waals surface area contributed by atoms with E-state index in [0.717, 1.165) is 12.1 Å². The zero-order chi connectivity index (χ0) is 12.3. The van der Waals surface area contributed by atoms with Gasteiger partial charge >= 0.3 is 0 Å². The van der Waals surface area contributed by atoms with Gasteiger partial charge in [-0.25, -0.2) is 8.78 Å². The molecule has 0 spiro atoms. The van der Waals surface area contributed by atoms with E-state index in [-0.39, 0.29) is 23.8 Å². The van der Waals surface area contributed by atoms with E-state index in [0.29, 0.717) is 0 Å². The molecule has 0 saturated carbocycles. The molecule has 0 aliphatic carbocycles. The Morgan fingerprint density at radius 2 is 1.94 bits per heavy atom. The van der Waals surface area contributed by atoms with Crippen molar-refractivity contribution in [2.45, 2.75) is 0 Å². The standard InChI is InChI=1S/C10H13F2N3O/c1-14-9(16)5-15(2)10-7(11)3-6(13)4-8(10)12/h3-4H,5,13H2,1-2H3,(H,14,16). The Balaban J connectivity index is 2.99. The first-order valence-corrected chi connectivity index (χ1v) is 4.62. The number of nitrogen functional groups attached to an aromatic ring is 1. The second-order valence-corrected chi connectivity index (χ2v) is 3.36. The number of carbonyl (C=O) groups is 1. The number of nitrogens with two attached hydrogens (primary N) is 1. The van der Waals surface area contributed by atoms with Crippen molar-refractivity contribution in [1.82, 2.24) is 5.32 Å². The van der Waals surface area contributed by atoms with E-state index in [1.807, 2.05) is 0 Å². The summed E-state index contributed by atoms with van der Waals surface area (Å²) in [6, 6.07) is 2.03. The Morgan fingerprint density at radius 1 is 1.44 bits per heavy atom. The molecule has 0 fully saturated rings. The van der Waals surface area contributed by atoms with Gasteiger partial charge in [0.15, 0.2) is 11.6 Å². The number of amides is 1. The van der Waals surface area contributed by atoms with Crippen molar-refractivity contribution in [2.75, 3.05) is 31.3 Å². The van der Waals surface area contributed by atoms with Crippen LogP contribution < -0.4 is 16.0 Å². The maximum atomic E-state index is 13.4. The highest BCUT2D eigenvalue weighted by atomic mass is 19.1. The minimum Gasteiger partial charge on any atom is -0.399 e. The summed E-state index contributed by atoms with van der Waals surface area (Å²) in [5.74, 6) is -1.91. The first kappa shape index (κ1) is 12.2. The van der Waals surface area contributed by atoms with E-state index < -0.39 is 11.6 Å². The summed E-state index contributed by atoms with van der Waals surface area (Å²) in [5, 5.41) is 2.37. The highest BCUT2D eigenvalue weighted by Gasteiger charge is 2.16. The Kier molecular flexibility index (Phi) is 3.65. The van der Waals surface area contributed by atoms with Crippen LogP contribution in [0.15, 0.2) is 12.1 Å². The maximum Gasteiger partial charge on any atom is 0.239 e. The molecule has 1 amide bonds. The van der Waals surface area contributed by atoms with Crippen LogP contribution in [-0.2, 0) is 4.79 Å². The number of nitrogens with one attached hydrogen (secondary N) is 1. The normalized spacial score (nSPS) is 10.0. The van der Waals surface area contributed by atoms with Gasteiger partial charge in [-0.05, 0) is 12.1 Å². The molecule has 0 atom stereocenters. The second kappa shape index (κ2) is 4.78. The molecule has 0 aliphatic rings. The van der Waals surface area contributed by atoms with Crippen molar-refractivity contribution >= 4 is 17.3 Å². The molecule has 0 bridgehead atoms.